The smallest absolute Gasteiger partial charge is 0.249 e. The Kier molecular flexibility index (Phi) is 2.88. The number of aromatic nitrogens is 2. The minimum Gasteiger partial charge on any atom is -0.331 e. The van der Waals surface area contributed by atoms with E-state index in [4.69, 9.17) is 17.5 Å². The minimum absolute atomic E-state index is 0.268. The van der Waals surface area contributed by atoms with E-state index in [1.54, 1.807) is 22.8 Å². The van der Waals surface area contributed by atoms with Gasteiger partial charge in [0.25, 0.3) is 0 Å². The molecule has 0 saturated carbocycles. The standard InChI is InChI=1S/C13H10N4O2S/c14-6-7-1-2-8-10(5-7)17(13(20)15-8)9-3-4-11(18)16-12(9)19/h1-2,5,9H,3-4H2,(H,15,20)(H,16,18,19). The predicted octanol–water partition coefficient (Wildman–Crippen LogP) is 1.55. The van der Waals surface area contributed by atoms with Crippen LogP contribution in [0.1, 0.15) is 24.4 Å². The number of benzene rings is 1. The molecule has 1 atom stereocenters. The summed E-state index contributed by atoms with van der Waals surface area (Å²) in [5, 5.41) is 11.3. The molecule has 1 saturated heterocycles. The van der Waals surface area contributed by atoms with Gasteiger partial charge in [-0.15, -0.1) is 0 Å². The summed E-state index contributed by atoms with van der Waals surface area (Å²) in [7, 11) is 0. The van der Waals surface area contributed by atoms with Gasteiger partial charge in [-0.3, -0.25) is 14.9 Å². The van der Waals surface area contributed by atoms with Crippen molar-refractivity contribution in [2.45, 2.75) is 18.9 Å². The van der Waals surface area contributed by atoms with Gasteiger partial charge in [0, 0.05) is 6.42 Å². The SMILES string of the molecule is N#Cc1ccc2[nH]c(=S)n(C3CCC(=O)NC3=O)c2c1. The van der Waals surface area contributed by atoms with Gasteiger partial charge in [-0.1, -0.05) is 0 Å². The van der Waals surface area contributed by atoms with E-state index < -0.39 is 6.04 Å². The molecule has 7 heteroatoms. The number of hydrogen-bond donors (Lipinski definition) is 2. The molecule has 1 aliphatic heterocycles. The molecule has 100 valence electrons. The number of piperidine rings is 1. The predicted molar refractivity (Wildman–Crippen MR) is 73.3 cm³/mol. The van der Waals surface area contributed by atoms with E-state index in [2.05, 4.69) is 16.4 Å². The number of nitrogens with zero attached hydrogens (tertiary/aromatic N) is 2. The maximum Gasteiger partial charge on any atom is 0.249 e. The van der Waals surface area contributed by atoms with Crippen molar-refractivity contribution < 1.29 is 9.59 Å². The molecular weight excluding hydrogens is 276 g/mol. The highest BCUT2D eigenvalue weighted by molar-refractivity contribution is 7.71. The van der Waals surface area contributed by atoms with E-state index >= 15 is 0 Å². The Morgan fingerprint density at radius 1 is 1.40 bits per heavy atom. The van der Waals surface area contributed by atoms with Crippen molar-refractivity contribution in [2.75, 3.05) is 0 Å². The first kappa shape index (κ1) is 12.6. The number of imidazole rings is 1. The highest BCUT2D eigenvalue weighted by Gasteiger charge is 2.29. The van der Waals surface area contributed by atoms with Gasteiger partial charge in [0.1, 0.15) is 6.04 Å². The van der Waals surface area contributed by atoms with Crippen LogP contribution in [-0.4, -0.2) is 21.4 Å². The van der Waals surface area contributed by atoms with E-state index in [1.165, 1.54) is 0 Å². The average molecular weight is 286 g/mol. The minimum atomic E-state index is -0.525. The molecule has 2 N–H and O–H groups in total. The molecule has 2 amide bonds. The zero-order chi connectivity index (χ0) is 14.3. The number of rotatable bonds is 1. The molecule has 1 aromatic heterocycles. The second kappa shape index (κ2) is 4.58. The van der Waals surface area contributed by atoms with Crippen LogP contribution in [0.25, 0.3) is 11.0 Å². The lowest BCUT2D eigenvalue weighted by atomic mass is 10.1. The van der Waals surface area contributed by atoms with Crippen molar-refractivity contribution >= 4 is 35.1 Å². The fourth-order valence-electron chi connectivity index (χ4n) is 2.43. The second-order valence-electron chi connectivity index (χ2n) is 4.61. The maximum absolute atomic E-state index is 12.0. The zero-order valence-corrected chi connectivity index (χ0v) is 11.2. The Morgan fingerprint density at radius 3 is 2.90 bits per heavy atom. The third-order valence-electron chi connectivity index (χ3n) is 3.37. The molecular formula is C13H10N4O2S. The summed E-state index contributed by atoms with van der Waals surface area (Å²) in [6, 6.07) is 6.66. The molecule has 6 nitrogen and oxygen atoms in total. The van der Waals surface area contributed by atoms with Gasteiger partial charge >= 0.3 is 0 Å². The van der Waals surface area contributed by atoms with Gasteiger partial charge < -0.3 is 9.55 Å². The summed E-state index contributed by atoms with van der Waals surface area (Å²) in [6.07, 6.45) is 0.686. The van der Waals surface area contributed by atoms with Gasteiger partial charge in [-0.25, -0.2) is 0 Å². The normalized spacial score (nSPS) is 18.9. The summed E-state index contributed by atoms with van der Waals surface area (Å²) >= 11 is 5.26. The monoisotopic (exact) mass is 286 g/mol. The number of H-pyrrole nitrogens is 1. The van der Waals surface area contributed by atoms with Gasteiger partial charge in [-0.2, -0.15) is 5.26 Å². The number of imide groups is 1. The average Bonchev–Trinajstić information content (AvgIpc) is 2.74. The lowest BCUT2D eigenvalue weighted by Crippen LogP contribution is -2.41. The molecule has 2 heterocycles. The topological polar surface area (TPSA) is 90.7 Å². The van der Waals surface area contributed by atoms with Crippen LogP contribution in [0.5, 0.6) is 0 Å². The molecule has 20 heavy (non-hydrogen) atoms. The summed E-state index contributed by atoms with van der Waals surface area (Å²) < 4.78 is 2.08. The first-order valence-corrected chi connectivity index (χ1v) is 6.49. The molecule has 0 bridgehead atoms. The van der Waals surface area contributed by atoms with Crippen LogP contribution in [0.2, 0.25) is 0 Å². The summed E-state index contributed by atoms with van der Waals surface area (Å²) in [6.45, 7) is 0. The molecule has 1 unspecified atom stereocenters. The fraction of sp³-hybridized carbons (Fsp3) is 0.231. The highest BCUT2D eigenvalue weighted by Crippen LogP contribution is 2.25. The number of aromatic amines is 1. The Hall–Kier alpha value is -2.46. The fourth-order valence-corrected chi connectivity index (χ4v) is 2.76. The van der Waals surface area contributed by atoms with Crippen molar-refractivity contribution in [2.24, 2.45) is 0 Å². The van der Waals surface area contributed by atoms with Crippen LogP contribution in [-0.2, 0) is 9.59 Å². The van der Waals surface area contributed by atoms with Gasteiger partial charge in [0.15, 0.2) is 4.77 Å². The molecule has 1 aliphatic rings. The van der Waals surface area contributed by atoms with E-state index in [0.717, 1.165) is 5.52 Å². The maximum atomic E-state index is 12.0. The molecule has 0 radical (unpaired) electrons. The number of hydrogen-bond acceptors (Lipinski definition) is 4. The third kappa shape index (κ3) is 1.90. The lowest BCUT2D eigenvalue weighted by molar-refractivity contribution is -0.135. The van der Waals surface area contributed by atoms with Crippen LogP contribution in [0.15, 0.2) is 18.2 Å². The van der Waals surface area contributed by atoms with Gasteiger partial charge in [-0.05, 0) is 36.8 Å². The van der Waals surface area contributed by atoms with Crippen LogP contribution in [0, 0.1) is 16.1 Å². The Morgan fingerprint density at radius 2 is 2.20 bits per heavy atom. The summed E-state index contributed by atoms with van der Waals surface area (Å²) in [5.41, 5.74) is 1.95. The summed E-state index contributed by atoms with van der Waals surface area (Å²) in [4.78, 5) is 26.2. The van der Waals surface area contributed by atoms with Crippen LogP contribution in [0.4, 0.5) is 0 Å². The summed E-state index contributed by atoms with van der Waals surface area (Å²) in [5.74, 6) is -0.629. The lowest BCUT2D eigenvalue weighted by Gasteiger charge is -2.22. The first-order valence-electron chi connectivity index (χ1n) is 6.08. The molecule has 3 rings (SSSR count). The van der Waals surface area contributed by atoms with Crippen molar-refractivity contribution in [3.8, 4) is 6.07 Å². The van der Waals surface area contributed by atoms with E-state index in [9.17, 15) is 9.59 Å². The van der Waals surface area contributed by atoms with E-state index in [0.29, 0.717) is 22.3 Å². The van der Waals surface area contributed by atoms with Crippen LogP contribution >= 0.6 is 12.2 Å². The van der Waals surface area contributed by atoms with Crippen LogP contribution < -0.4 is 5.32 Å². The number of amides is 2. The zero-order valence-electron chi connectivity index (χ0n) is 10.3. The quantitative estimate of drug-likeness (QED) is 0.614. The van der Waals surface area contributed by atoms with Gasteiger partial charge in [0.2, 0.25) is 11.8 Å². The van der Waals surface area contributed by atoms with Crippen LogP contribution in [0.3, 0.4) is 0 Å². The Balaban J connectivity index is 2.18. The van der Waals surface area contributed by atoms with Crippen molar-refractivity contribution in [1.82, 2.24) is 14.9 Å². The van der Waals surface area contributed by atoms with Crippen molar-refractivity contribution in [1.29, 1.82) is 5.26 Å². The number of nitriles is 1. The van der Waals surface area contributed by atoms with E-state index in [1.807, 2.05) is 0 Å². The Bertz CT molecular complexity index is 827. The molecule has 0 spiro atoms. The number of carbonyl (C=O) groups is 2. The second-order valence-corrected chi connectivity index (χ2v) is 5.00. The van der Waals surface area contributed by atoms with Gasteiger partial charge in [0.05, 0.1) is 22.7 Å². The molecule has 0 aliphatic carbocycles. The third-order valence-corrected chi connectivity index (χ3v) is 3.67. The van der Waals surface area contributed by atoms with E-state index in [-0.39, 0.29) is 18.2 Å². The molecule has 1 fully saturated rings. The highest BCUT2D eigenvalue weighted by atomic mass is 32.1. The first-order chi connectivity index (χ1) is 9.60. The van der Waals surface area contributed by atoms with Crippen molar-refractivity contribution in [3.63, 3.8) is 0 Å². The molecule has 2 aromatic rings. The Labute approximate surface area is 119 Å². The molecule has 1 aromatic carbocycles. The number of fused-ring (bicyclic) bond motifs is 1. The number of carbonyl (C=O) groups excluding carboxylic acids is 2. The number of nitrogens with one attached hydrogen (secondary N) is 2. The largest absolute Gasteiger partial charge is 0.331 e. The van der Waals surface area contributed by atoms with Crippen molar-refractivity contribution in [3.05, 3.63) is 28.5 Å².